The van der Waals surface area contributed by atoms with E-state index >= 15 is 0 Å². The van der Waals surface area contributed by atoms with Gasteiger partial charge >= 0.3 is 0 Å². The zero-order chi connectivity index (χ0) is 16.1. The average molecular weight is 312 g/mol. The second-order valence-electron chi connectivity index (χ2n) is 6.16. The second-order valence-corrected chi connectivity index (χ2v) is 6.16. The zero-order valence-electron chi connectivity index (χ0n) is 13.7. The summed E-state index contributed by atoms with van der Waals surface area (Å²) in [6, 6.07) is 10.2. The number of nitrogens with zero attached hydrogens (tertiary/aromatic N) is 4. The van der Waals surface area contributed by atoms with Crippen LogP contribution in [0.4, 0.5) is 0 Å². The SMILES string of the molecule is Cc1cccc(CC(=O)N2CCN(CCn3cccn3)CC2)c1. The normalized spacial score (nSPS) is 15.8. The van der Waals surface area contributed by atoms with Crippen molar-refractivity contribution in [3.05, 3.63) is 53.9 Å². The van der Waals surface area contributed by atoms with Crippen LogP contribution in [0.3, 0.4) is 0 Å². The second kappa shape index (κ2) is 7.42. The molecule has 23 heavy (non-hydrogen) atoms. The molecule has 0 saturated carbocycles. The van der Waals surface area contributed by atoms with E-state index in [0.717, 1.165) is 44.8 Å². The molecule has 1 aromatic heterocycles. The van der Waals surface area contributed by atoms with E-state index in [-0.39, 0.29) is 5.91 Å². The molecule has 5 nitrogen and oxygen atoms in total. The van der Waals surface area contributed by atoms with Crippen LogP contribution in [0.15, 0.2) is 42.7 Å². The van der Waals surface area contributed by atoms with Gasteiger partial charge in [-0.2, -0.15) is 5.10 Å². The van der Waals surface area contributed by atoms with Crippen LogP contribution >= 0.6 is 0 Å². The lowest BCUT2D eigenvalue weighted by Gasteiger charge is -2.34. The zero-order valence-corrected chi connectivity index (χ0v) is 13.7. The fourth-order valence-electron chi connectivity index (χ4n) is 3.01. The van der Waals surface area contributed by atoms with Gasteiger partial charge in [0.05, 0.1) is 13.0 Å². The molecule has 0 atom stereocenters. The topological polar surface area (TPSA) is 41.4 Å². The Bertz CT molecular complexity index is 630. The number of hydrogen-bond acceptors (Lipinski definition) is 3. The van der Waals surface area contributed by atoms with Crippen molar-refractivity contribution in [3.63, 3.8) is 0 Å². The fourth-order valence-corrected chi connectivity index (χ4v) is 3.01. The van der Waals surface area contributed by atoms with Gasteiger partial charge in [0.25, 0.3) is 0 Å². The van der Waals surface area contributed by atoms with E-state index in [1.165, 1.54) is 5.56 Å². The molecule has 2 aromatic rings. The Hall–Kier alpha value is -2.14. The number of carbonyl (C=O) groups is 1. The molecule has 1 aliphatic heterocycles. The van der Waals surface area contributed by atoms with Crippen molar-refractivity contribution in [2.45, 2.75) is 19.9 Å². The minimum atomic E-state index is 0.238. The summed E-state index contributed by atoms with van der Waals surface area (Å²) in [6.07, 6.45) is 4.30. The standard InChI is InChI=1S/C18H24N4O/c1-16-4-2-5-17(14-16)15-18(23)21-11-8-20(9-12-21)10-13-22-7-3-6-19-22/h2-7,14H,8-13,15H2,1H3. The predicted octanol–water partition coefficient (Wildman–Crippen LogP) is 1.58. The molecule has 2 heterocycles. The molecule has 0 radical (unpaired) electrons. The number of hydrogen-bond donors (Lipinski definition) is 0. The number of benzene rings is 1. The van der Waals surface area contributed by atoms with Crippen molar-refractivity contribution < 1.29 is 4.79 Å². The van der Waals surface area contributed by atoms with Gasteiger partial charge in [-0.3, -0.25) is 14.4 Å². The first kappa shape index (κ1) is 15.7. The summed E-state index contributed by atoms with van der Waals surface area (Å²) in [7, 11) is 0. The summed E-state index contributed by atoms with van der Waals surface area (Å²) in [4.78, 5) is 16.8. The average Bonchev–Trinajstić information content (AvgIpc) is 3.07. The molecule has 1 amide bonds. The first-order chi connectivity index (χ1) is 11.2. The van der Waals surface area contributed by atoms with E-state index < -0.39 is 0 Å². The Kier molecular flexibility index (Phi) is 5.08. The first-order valence-corrected chi connectivity index (χ1v) is 8.24. The van der Waals surface area contributed by atoms with Crippen molar-refractivity contribution in [3.8, 4) is 0 Å². The number of aryl methyl sites for hydroxylation is 1. The van der Waals surface area contributed by atoms with E-state index in [1.54, 1.807) is 0 Å². The molecule has 122 valence electrons. The highest BCUT2D eigenvalue weighted by atomic mass is 16.2. The molecule has 0 aliphatic carbocycles. The third kappa shape index (κ3) is 4.42. The number of piperazine rings is 1. The summed E-state index contributed by atoms with van der Waals surface area (Å²) in [6.45, 7) is 7.49. The van der Waals surface area contributed by atoms with Crippen LogP contribution in [0.5, 0.6) is 0 Å². The van der Waals surface area contributed by atoms with E-state index in [0.29, 0.717) is 6.42 Å². The van der Waals surface area contributed by atoms with E-state index in [1.807, 2.05) is 40.2 Å². The van der Waals surface area contributed by atoms with Gasteiger partial charge in [-0.05, 0) is 18.6 Å². The number of amides is 1. The number of aromatic nitrogens is 2. The highest BCUT2D eigenvalue weighted by molar-refractivity contribution is 5.78. The van der Waals surface area contributed by atoms with Crippen LogP contribution in [0.25, 0.3) is 0 Å². The quantitative estimate of drug-likeness (QED) is 0.842. The lowest BCUT2D eigenvalue weighted by atomic mass is 10.1. The smallest absolute Gasteiger partial charge is 0.227 e. The summed E-state index contributed by atoms with van der Waals surface area (Å²) in [5.41, 5.74) is 2.31. The van der Waals surface area contributed by atoms with E-state index in [4.69, 9.17) is 0 Å². The molecule has 1 aliphatic rings. The molecular weight excluding hydrogens is 288 g/mol. The maximum Gasteiger partial charge on any atom is 0.227 e. The van der Waals surface area contributed by atoms with E-state index in [9.17, 15) is 4.79 Å². The first-order valence-electron chi connectivity index (χ1n) is 8.24. The van der Waals surface area contributed by atoms with Crippen molar-refractivity contribution in [2.75, 3.05) is 32.7 Å². The molecule has 3 rings (SSSR count). The molecule has 0 unspecified atom stereocenters. The van der Waals surface area contributed by atoms with Crippen LogP contribution in [0.2, 0.25) is 0 Å². The summed E-state index contributed by atoms with van der Waals surface area (Å²) < 4.78 is 1.95. The maximum atomic E-state index is 12.4. The third-order valence-electron chi connectivity index (χ3n) is 4.37. The summed E-state index contributed by atoms with van der Waals surface area (Å²) in [5, 5.41) is 4.22. The van der Waals surface area contributed by atoms with Gasteiger partial charge < -0.3 is 4.90 Å². The fraction of sp³-hybridized carbons (Fsp3) is 0.444. The van der Waals surface area contributed by atoms with Crippen molar-refractivity contribution in [1.82, 2.24) is 19.6 Å². The van der Waals surface area contributed by atoms with Crippen molar-refractivity contribution in [1.29, 1.82) is 0 Å². The maximum absolute atomic E-state index is 12.4. The minimum Gasteiger partial charge on any atom is -0.340 e. The third-order valence-corrected chi connectivity index (χ3v) is 4.37. The Morgan fingerprint density at radius 2 is 1.96 bits per heavy atom. The molecule has 5 heteroatoms. The Balaban J connectivity index is 1.44. The number of carbonyl (C=O) groups excluding carboxylic acids is 1. The van der Waals surface area contributed by atoms with E-state index in [2.05, 4.69) is 29.1 Å². The molecule has 0 bridgehead atoms. The Morgan fingerprint density at radius 1 is 1.13 bits per heavy atom. The van der Waals surface area contributed by atoms with Crippen molar-refractivity contribution in [2.24, 2.45) is 0 Å². The van der Waals surface area contributed by atoms with Gasteiger partial charge in [0, 0.05) is 45.1 Å². The van der Waals surface area contributed by atoms with Gasteiger partial charge in [0.1, 0.15) is 0 Å². The Morgan fingerprint density at radius 3 is 2.65 bits per heavy atom. The van der Waals surface area contributed by atoms with Gasteiger partial charge in [-0.15, -0.1) is 0 Å². The highest BCUT2D eigenvalue weighted by Gasteiger charge is 2.20. The highest BCUT2D eigenvalue weighted by Crippen LogP contribution is 2.09. The molecular formula is C18H24N4O. The molecule has 0 spiro atoms. The lowest BCUT2D eigenvalue weighted by Crippen LogP contribution is -2.49. The minimum absolute atomic E-state index is 0.238. The molecule has 0 N–H and O–H groups in total. The van der Waals surface area contributed by atoms with Gasteiger partial charge in [-0.25, -0.2) is 0 Å². The largest absolute Gasteiger partial charge is 0.340 e. The van der Waals surface area contributed by atoms with Gasteiger partial charge in [0.2, 0.25) is 5.91 Å². The van der Waals surface area contributed by atoms with Crippen LogP contribution in [-0.2, 0) is 17.8 Å². The van der Waals surface area contributed by atoms with Crippen LogP contribution in [-0.4, -0.2) is 58.2 Å². The summed E-state index contributed by atoms with van der Waals surface area (Å²) in [5.74, 6) is 0.238. The number of rotatable bonds is 5. The molecule has 1 saturated heterocycles. The monoisotopic (exact) mass is 312 g/mol. The van der Waals surface area contributed by atoms with Crippen LogP contribution in [0.1, 0.15) is 11.1 Å². The summed E-state index contributed by atoms with van der Waals surface area (Å²) >= 11 is 0. The van der Waals surface area contributed by atoms with Crippen molar-refractivity contribution >= 4 is 5.91 Å². The van der Waals surface area contributed by atoms with Crippen LogP contribution in [0, 0.1) is 6.92 Å². The molecule has 1 fully saturated rings. The molecule has 1 aromatic carbocycles. The lowest BCUT2D eigenvalue weighted by molar-refractivity contribution is -0.132. The van der Waals surface area contributed by atoms with Gasteiger partial charge in [-0.1, -0.05) is 29.8 Å². The Labute approximate surface area is 137 Å². The van der Waals surface area contributed by atoms with Crippen LogP contribution < -0.4 is 0 Å². The predicted molar refractivity (Wildman–Crippen MR) is 90.1 cm³/mol. The van der Waals surface area contributed by atoms with Gasteiger partial charge in [0.15, 0.2) is 0 Å².